The van der Waals surface area contributed by atoms with E-state index in [1.165, 1.54) is 24.1 Å². The van der Waals surface area contributed by atoms with Crippen molar-refractivity contribution in [3.05, 3.63) is 97.2 Å². The average Bonchev–Trinajstić information content (AvgIpc) is 3.05. The van der Waals surface area contributed by atoms with Crippen LogP contribution in [0.4, 0.5) is 0 Å². The zero-order chi connectivity index (χ0) is 24.6. The van der Waals surface area contributed by atoms with Gasteiger partial charge in [0.05, 0.1) is 39.4 Å². The minimum Gasteiger partial charge on any atom is -0.507 e. The summed E-state index contributed by atoms with van der Waals surface area (Å²) in [5.41, 5.74) is 1.14. The number of aromatic nitrogens is 1. The first-order chi connectivity index (χ1) is 16.2. The van der Waals surface area contributed by atoms with E-state index in [1.807, 2.05) is 0 Å². The molecule has 174 valence electrons. The van der Waals surface area contributed by atoms with Crippen LogP contribution in [0.3, 0.4) is 0 Å². The first-order valence-electron chi connectivity index (χ1n) is 9.88. The van der Waals surface area contributed by atoms with Gasteiger partial charge in [0.2, 0.25) is 0 Å². The molecule has 1 amide bonds. The summed E-state index contributed by atoms with van der Waals surface area (Å²) in [7, 11) is 1.37. The van der Waals surface area contributed by atoms with Crippen molar-refractivity contribution in [2.24, 2.45) is 0 Å². The lowest BCUT2D eigenvalue weighted by atomic mass is 9.95. The number of hydrogen-bond acceptors (Lipinski definition) is 5. The lowest BCUT2D eigenvalue weighted by Gasteiger charge is -2.26. The fourth-order valence-corrected chi connectivity index (χ4v) is 4.72. The molecule has 2 aromatic carbocycles. The summed E-state index contributed by atoms with van der Waals surface area (Å²) >= 11 is 24.7. The Labute approximate surface area is 215 Å². The molecule has 1 N–H and O–H groups in total. The number of hydrogen-bond donors (Lipinski definition) is 1. The number of ether oxygens (including phenoxy) is 1. The molecule has 6 nitrogen and oxygen atoms in total. The highest BCUT2D eigenvalue weighted by atomic mass is 35.5. The van der Waals surface area contributed by atoms with Crippen molar-refractivity contribution < 1.29 is 19.4 Å². The quantitative estimate of drug-likeness (QED) is 0.234. The predicted molar refractivity (Wildman–Crippen MR) is 132 cm³/mol. The topological polar surface area (TPSA) is 79.7 Å². The number of benzene rings is 2. The fourth-order valence-electron chi connectivity index (χ4n) is 3.85. The van der Waals surface area contributed by atoms with Gasteiger partial charge in [-0.05, 0) is 47.5 Å². The van der Waals surface area contributed by atoms with E-state index in [2.05, 4.69) is 4.98 Å². The van der Waals surface area contributed by atoms with Gasteiger partial charge in [-0.25, -0.2) is 0 Å². The van der Waals surface area contributed by atoms with Gasteiger partial charge in [0, 0.05) is 24.0 Å². The van der Waals surface area contributed by atoms with Crippen molar-refractivity contribution in [2.45, 2.75) is 12.6 Å². The number of halogens is 4. The second-order valence-corrected chi connectivity index (χ2v) is 9.08. The summed E-state index contributed by atoms with van der Waals surface area (Å²) in [5, 5.41) is 12.2. The fraction of sp³-hybridized carbons (Fsp3) is 0.125. The van der Waals surface area contributed by atoms with Crippen LogP contribution >= 0.6 is 46.4 Å². The molecule has 1 aromatic heterocycles. The van der Waals surface area contributed by atoms with Gasteiger partial charge in [-0.2, -0.15) is 0 Å². The van der Waals surface area contributed by atoms with Crippen LogP contribution in [-0.4, -0.2) is 33.8 Å². The molecule has 1 aliphatic rings. The number of pyridine rings is 1. The van der Waals surface area contributed by atoms with Gasteiger partial charge >= 0.3 is 0 Å². The number of aliphatic hydroxyl groups is 1. The van der Waals surface area contributed by atoms with Crippen molar-refractivity contribution in [3.63, 3.8) is 0 Å². The molecule has 1 saturated heterocycles. The van der Waals surface area contributed by atoms with E-state index in [1.54, 1.807) is 42.7 Å². The molecule has 0 spiro atoms. The zero-order valence-electron chi connectivity index (χ0n) is 17.6. The van der Waals surface area contributed by atoms with E-state index in [4.69, 9.17) is 51.1 Å². The summed E-state index contributed by atoms with van der Waals surface area (Å²) in [6, 6.07) is 10.1. The van der Waals surface area contributed by atoms with Crippen LogP contribution in [0.5, 0.6) is 5.75 Å². The molecule has 34 heavy (non-hydrogen) atoms. The number of ketones is 1. The molecule has 2 heterocycles. The molecule has 10 heteroatoms. The number of carbonyl (C=O) groups is 2. The number of methoxy groups -OCH3 is 1. The maximum absolute atomic E-state index is 13.2. The largest absolute Gasteiger partial charge is 0.507 e. The highest BCUT2D eigenvalue weighted by molar-refractivity contribution is 6.47. The van der Waals surface area contributed by atoms with Crippen molar-refractivity contribution in [3.8, 4) is 5.75 Å². The number of nitrogens with zero attached hydrogens (tertiary/aromatic N) is 2. The number of likely N-dealkylation sites (tertiary alicyclic amines) is 1. The number of carbonyl (C=O) groups excluding carboxylic acids is 2. The minimum atomic E-state index is -0.967. The summed E-state index contributed by atoms with van der Waals surface area (Å²) < 4.78 is 5.33. The van der Waals surface area contributed by atoms with Crippen molar-refractivity contribution in [1.29, 1.82) is 0 Å². The van der Waals surface area contributed by atoms with Gasteiger partial charge in [0.1, 0.15) is 11.5 Å². The van der Waals surface area contributed by atoms with Gasteiger partial charge in [-0.15, -0.1) is 0 Å². The normalized spacial score (nSPS) is 17.3. The van der Waals surface area contributed by atoms with Gasteiger partial charge < -0.3 is 14.7 Å². The molecule has 0 aliphatic carbocycles. The molecule has 3 aromatic rings. The third kappa shape index (κ3) is 4.46. The first-order valence-corrected chi connectivity index (χ1v) is 11.4. The lowest BCUT2D eigenvalue weighted by Crippen LogP contribution is -2.29. The summed E-state index contributed by atoms with van der Waals surface area (Å²) in [6.45, 7) is 0.0855. The Morgan fingerprint density at radius 2 is 1.71 bits per heavy atom. The molecule has 0 bridgehead atoms. The van der Waals surface area contributed by atoms with Crippen molar-refractivity contribution in [1.82, 2.24) is 9.88 Å². The minimum absolute atomic E-state index is 0.0759. The van der Waals surface area contributed by atoms with Gasteiger partial charge in [-0.1, -0.05) is 52.5 Å². The lowest BCUT2D eigenvalue weighted by molar-refractivity contribution is -0.140. The molecule has 1 unspecified atom stereocenters. The van der Waals surface area contributed by atoms with Crippen molar-refractivity contribution >= 4 is 63.9 Å². The van der Waals surface area contributed by atoms with Gasteiger partial charge in [0.25, 0.3) is 11.7 Å². The van der Waals surface area contributed by atoms with E-state index in [0.29, 0.717) is 10.6 Å². The summed E-state index contributed by atoms with van der Waals surface area (Å²) in [4.78, 5) is 31.7. The van der Waals surface area contributed by atoms with Gasteiger partial charge in [-0.3, -0.25) is 14.6 Å². The third-order valence-corrected chi connectivity index (χ3v) is 6.61. The van der Waals surface area contributed by atoms with Crippen LogP contribution in [0.1, 0.15) is 22.7 Å². The zero-order valence-corrected chi connectivity index (χ0v) is 20.6. The van der Waals surface area contributed by atoms with E-state index in [9.17, 15) is 14.7 Å². The van der Waals surface area contributed by atoms with E-state index in [0.717, 1.165) is 5.56 Å². The molecule has 1 atom stereocenters. The SMILES string of the molecule is COc1c(Cl)cc(Cl)cc1/C(O)=C1\C(=O)C(=O)N(Cc2ccncc2)C1c1ccc(Cl)c(Cl)c1. The Kier molecular flexibility index (Phi) is 7.05. The third-order valence-electron chi connectivity index (χ3n) is 5.37. The van der Waals surface area contributed by atoms with Crippen LogP contribution in [0, 0.1) is 0 Å². The molecule has 0 radical (unpaired) electrons. The number of Topliss-reactive ketones (excluding diaryl/α,β-unsaturated/α-hetero) is 1. The number of rotatable bonds is 5. The molecule has 1 fully saturated rings. The Hall–Kier alpha value is -2.77. The summed E-state index contributed by atoms with van der Waals surface area (Å²) in [5.74, 6) is -2.04. The molecular weight excluding hydrogens is 522 g/mol. The Balaban J connectivity index is 1.95. The predicted octanol–water partition coefficient (Wildman–Crippen LogP) is 6.33. The maximum Gasteiger partial charge on any atom is 0.295 e. The van der Waals surface area contributed by atoms with E-state index >= 15 is 0 Å². The molecule has 0 saturated carbocycles. The monoisotopic (exact) mass is 536 g/mol. The molecule has 4 rings (SSSR count). The average molecular weight is 538 g/mol. The first kappa shape index (κ1) is 24.4. The smallest absolute Gasteiger partial charge is 0.295 e. The second-order valence-electron chi connectivity index (χ2n) is 7.42. The Morgan fingerprint density at radius 1 is 1.00 bits per heavy atom. The second kappa shape index (κ2) is 9.84. The Bertz CT molecular complexity index is 1330. The maximum atomic E-state index is 13.2. The van der Waals surface area contributed by atoms with E-state index in [-0.39, 0.29) is 38.5 Å². The number of aliphatic hydroxyl groups excluding tert-OH is 1. The van der Waals surface area contributed by atoms with Gasteiger partial charge in [0.15, 0.2) is 0 Å². The van der Waals surface area contributed by atoms with Crippen LogP contribution in [-0.2, 0) is 16.1 Å². The standard InChI is InChI=1S/C24H16Cl4N2O4/c1-34-23-15(9-14(25)10-18(23)28)21(31)19-20(13-2-3-16(26)17(27)8-13)30(24(33)22(19)32)11-12-4-6-29-7-5-12/h2-10,20,31H,11H2,1H3/b21-19+. The molecule has 1 aliphatic heterocycles. The van der Waals surface area contributed by atoms with Crippen LogP contribution in [0.2, 0.25) is 20.1 Å². The Morgan fingerprint density at radius 3 is 2.35 bits per heavy atom. The van der Waals surface area contributed by atoms with E-state index < -0.39 is 23.5 Å². The van der Waals surface area contributed by atoms with Crippen LogP contribution in [0.15, 0.2) is 60.4 Å². The highest BCUT2D eigenvalue weighted by Crippen LogP contribution is 2.44. The van der Waals surface area contributed by atoms with Crippen molar-refractivity contribution in [2.75, 3.05) is 7.11 Å². The molecular formula is C24H16Cl4N2O4. The van der Waals surface area contributed by atoms with Crippen LogP contribution in [0.25, 0.3) is 5.76 Å². The summed E-state index contributed by atoms with van der Waals surface area (Å²) in [6.07, 6.45) is 3.16. The highest BCUT2D eigenvalue weighted by Gasteiger charge is 2.46. The van der Waals surface area contributed by atoms with Crippen LogP contribution < -0.4 is 4.74 Å². The number of amides is 1.